The number of ether oxygens (including phenoxy) is 1. The highest BCUT2D eigenvalue weighted by Gasteiger charge is 2.23. The maximum absolute atomic E-state index is 5.72. The van der Waals surface area contributed by atoms with Crippen molar-refractivity contribution in [2.24, 2.45) is 5.73 Å². The molecule has 0 aliphatic carbocycles. The molecule has 0 fully saturated rings. The summed E-state index contributed by atoms with van der Waals surface area (Å²) in [7, 11) is 2.13. The summed E-state index contributed by atoms with van der Waals surface area (Å²) >= 11 is 0. The maximum atomic E-state index is 5.72. The molecule has 0 aromatic heterocycles. The molecule has 0 saturated carbocycles. The van der Waals surface area contributed by atoms with Crippen molar-refractivity contribution >= 4 is 5.69 Å². The predicted molar refractivity (Wildman–Crippen MR) is 62.4 cm³/mol. The highest BCUT2D eigenvalue weighted by molar-refractivity contribution is 5.59. The van der Waals surface area contributed by atoms with Gasteiger partial charge >= 0.3 is 0 Å². The van der Waals surface area contributed by atoms with Crippen molar-refractivity contribution in [1.82, 2.24) is 0 Å². The largest absolute Gasteiger partial charge is 0.489 e. The van der Waals surface area contributed by atoms with Crippen LogP contribution in [0.3, 0.4) is 0 Å². The van der Waals surface area contributed by atoms with Crippen molar-refractivity contribution in [3.63, 3.8) is 0 Å². The summed E-state index contributed by atoms with van der Waals surface area (Å²) in [6.07, 6.45) is 2.15. The Labute approximate surface area is 90.8 Å². The molecule has 15 heavy (non-hydrogen) atoms. The Bertz CT molecular complexity index is 327. The van der Waals surface area contributed by atoms with Crippen molar-refractivity contribution in [2.75, 3.05) is 25.1 Å². The fraction of sp³-hybridized carbons (Fsp3) is 0.500. The Morgan fingerprint density at radius 1 is 1.47 bits per heavy atom. The summed E-state index contributed by atoms with van der Waals surface area (Å²) in [4.78, 5) is 2.30. The van der Waals surface area contributed by atoms with Crippen LogP contribution in [-0.4, -0.2) is 26.2 Å². The monoisotopic (exact) mass is 206 g/mol. The lowest BCUT2D eigenvalue weighted by Crippen LogP contribution is -2.40. The van der Waals surface area contributed by atoms with E-state index in [1.165, 1.54) is 5.69 Å². The molecule has 1 aliphatic heterocycles. The van der Waals surface area contributed by atoms with E-state index in [1.54, 1.807) is 0 Å². The molecule has 1 unspecified atom stereocenters. The zero-order valence-electron chi connectivity index (χ0n) is 9.15. The van der Waals surface area contributed by atoms with Crippen LogP contribution in [-0.2, 0) is 0 Å². The van der Waals surface area contributed by atoms with Gasteiger partial charge in [0.15, 0.2) is 0 Å². The number of fused-ring (bicyclic) bond motifs is 1. The summed E-state index contributed by atoms with van der Waals surface area (Å²) in [5.74, 6) is 0.990. The lowest BCUT2D eigenvalue weighted by molar-refractivity contribution is 0.258. The highest BCUT2D eigenvalue weighted by Crippen LogP contribution is 2.33. The van der Waals surface area contributed by atoms with Crippen LogP contribution in [0.4, 0.5) is 5.69 Å². The molecule has 1 atom stereocenters. The van der Waals surface area contributed by atoms with Crippen LogP contribution in [0.1, 0.15) is 12.8 Å². The molecule has 0 saturated heterocycles. The second-order valence-corrected chi connectivity index (χ2v) is 3.97. The summed E-state index contributed by atoms with van der Waals surface area (Å²) in [6.45, 7) is 1.53. The van der Waals surface area contributed by atoms with Crippen molar-refractivity contribution in [2.45, 2.75) is 18.9 Å². The summed E-state index contributed by atoms with van der Waals surface area (Å²) in [5.41, 5.74) is 6.71. The van der Waals surface area contributed by atoms with Gasteiger partial charge in [-0.15, -0.1) is 0 Å². The van der Waals surface area contributed by atoms with Crippen LogP contribution in [0.15, 0.2) is 24.3 Å². The first kappa shape index (κ1) is 10.3. The van der Waals surface area contributed by atoms with Gasteiger partial charge in [-0.1, -0.05) is 12.1 Å². The van der Waals surface area contributed by atoms with Crippen molar-refractivity contribution in [1.29, 1.82) is 0 Å². The second kappa shape index (κ2) is 4.53. The quantitative estimate of drug-likeness (QED) is 0.816. The second-order valence-electron chi connectivity index (χ2n) is 3.97. The average Bonchev–Trinajstić information content (AvgIpc) is 2.29. The Morgan fingerprint density at radius 2 is 2.27 bits per heavy atom. The first-order chi connectivity index (χ1) is 7.33. The molecule has 1 heterocycles. The molecule has 2 rings (SSSR count). The molecular weight excluding hydrogens is 188 g/mol. The molecular formula is C12H18N2O. The Kier molecular flexibility index (Phi) is 3.11. The molecule has 1 aromatic carbocycles. The van der Waals surface area contributed by atoms with Crippen LogP contribution in [0.25, 0.3) is 0 Å². The molecule has 0 amide bonds. The summed E-state index contributed by atoms with van der Waals surface area (Å²) in [5, 5.41) is 0. The SMILES string of the molecule is CN1c2ccccc2OCC1CCCN. The van der Waals surface area contributed by atoms with Gasteiger partial charge in [0.25, 0.3) is 0 Å². The van der Waals surface area contributed by atoms with Gasteiger partial charge in [-0.3, -0.25) is 0 Å². The number of nitrogens with zero attached hydrogens (tertiary/aromatic N) is 1. The standard InChI is InChI=1S/C12H18N2O/c1-14-10(5-4-8-13)9-15-12-7-3-2-6-11(12)14/h2-3,6-7,10H,4-5,8-9,13H2,1H3. The maximum Gasteiger partial charge on any atom is 0.142 e. The van der Waals surface area contributed by atoms with Crippen LogP contribution in [0.2, 0.25) is 0 Å². The third-order valence-electron chi connectivity index (χ3n) is 2.97. The number of hydrogen-bond donors (Lipinski definition) is 1. The molecule has 0 radical (unpaired) electrons. The number of hydrogen-bond acceptors (Lipinski definition) is 3. The van der Waals surface area contributed by atoms with Crippen LogP contribution in [0, 0.1) is 0 Å². The smallest absolute Gasteiger partial charge is 0.142 e. The first-order valence-electron chi connectivity index (χ1n) is 5.47. The van der Waals surface area contributed by atoms with Gasteiger partial charge in [0.05, 0.1) is 11.7 Å². The minimum absolute atomic E-state index is 0.462. The molecule has 0 spiro atoms. The number of nitrogens with two attached hydrogens (primary N) is 1. The van der Waals surface area contributed by atoms with Gasteiger partial charge in [-0.2, -0.15) is 0 Å². The van der Waals surface area contributed by atoms with Gasteiger partial charge < -0.3 is 15.4 Å². The lowest BCUT2D eigenvalue weighted by Gasteiger charge is -2.35. The first-order valence-corrected chi connectivity index (χ1v) is 5.47. The van der Waals surface area contributed by atoms with E-state index in [1.807, 2.05) is 18.2 Å². The van der Waals surface area contributed by atoms with Gasteiger partial charge in [0.1, 0.15) is 12.4 Å². The van der Waals surface area contributed by atoms with E-state index in [9.17, 15) is 0 Å². The minimum atomic E-state index is 0.462. The van der Waals surface area contributed by atoms with Crippen molar-refractivity contribution in [3.05, 3.63) is 24.3 Å². The van der Waals surface area contributed by atoms with E-state index in [-0.39, 0.29) is 0 Å². The van der Waals surface area contributed by atoms with Crippen LogP contribution < -0.4 is 15.4 Å². The van der Waals surface area contributed by atoms with E-state index in [2.05, 4.69) is 18.0 Å². The van der Waals surface area contributed by atoms with E-state index < -0.39 is 0 Å². The van der Waals surface area contributed by atoms with E-state index in [0.29, 0.717) is 6.04 Å². The Hall–Kier alpha value is -1.22. The lowest BCUT2D eigenvalue weighted by atomic mass is 10.1. The van der Waals surface area contributed by atoms with Gasteiger partial charge in [-0.05, 0) is 31.5 Å². The third kappa shape index (κ3) is 2.07. The number of para-hydroxylation sites is 2. The van der Waals surface area contributed by atoms with Gasteiger partial charge in [-0.25, -0.2) is 0 Å². The molecule has 3 heteroatoms. The zero-order valence-corrected chi connectivity index (χ0v) is 9.15. The van der Waals surface area contributed by atoms with Gasteiger partial charge in [0.2, 0.25) is 0 Å². The summed E-state index contributed by atoms with van der Waals surface area (Å²) < 4.78 is 5.72. The fourth-order valence-corrected chi connectivity index (χ4v) is 2.00. The number of rotatable bonds is 3. The van der Waals surface area contributed by atoms with Crippen molar-refractivity contribution < 1.29 is 4.74 Å². The average molecular weight is 206 g/mol. The molecule has 3 nitrogen and oxygen atoms in total. The molecule has 82 valence electrons. The van der Waals surface area contributed by atoms with E-state index >= 15 is 0 Å². The Morgan fingerprint density at radius 3 is 3.07 bits per heavy atom. The highest BCUT2D eigenvalue weighted by atomic mass is 16.5. The molecule has 1 aromatic rings. The molecule has 0 bridgehead atoms. The molecule has 2 N–H and O–H groups in total. The number of likely N-dealkylation sites (N-methyl/N-ethyl adjacent to an activating group) is 1. The third-order valence-corrected chi connectivity index (χ3v) is 2.97. The van der Waals surface area contributed by atoms with Crippen LogP contribution in [0.5, 0.6) is 5.75 Å². The fourth-order valence-electron chi connectivity index (χ4n) is 2.00. The topological polar surface area (TPSA) is 38.5 Å². The van der Waals surface area contributed by atoms with E-state index in [0.717, 1.165) is 31.7 Å². The zero-order chi connectivity index (χ0) is 10.7. The Balaban J connectivity index is 2.11. The molecule has 1 aliphatic rings. The van der Waals surface area contributed by atoms with Crippen LogP contribution >= 0.6 is 0 Å². The number of benzene rings is 1. The van der Waals surface area contributed by atoms with Gasteiger partial charge in [0, 0.05) is 7.05 Å². The normalized spacial score (nSPS) is 19.6. The minimum Gasteiger partial charge on any atom is -0.489 e. The van der Waals surface area contributed by atoms with E-state index in [4.69, 9.17) is 10.5 Å². The predicted octanol–water partition coefficient (Wildman–Crippen LogP) is 1.62. The summed E-state index contributed by atoms with van der Waals surface area (Å²) in [6, 6.07) is 8.63. The van der Waals surface area contributed by atoms with Crippen molar-refractivity contribution in [3.8, 4) is 5.75 Å². The number of anilines is 1.